The second-order valence-corrected chi connectivity index (χ2v) is 5.27. The summed E-state index contributed by atoms with van der Waals surface area (Å²) in [7, 11) is 0. The summed E-state index contributed by atoms with van der Waals surface area (Å²) in [5.74, 6) is -1.92. The van der Waals surface area contributed by atoms with Gasteiger partial charge in [0.1, 0.15) is 5.69 Å². The fourth-order valence-corrected chi connectivity index (χ4v) is 2.28. The second-order valence-electron chi connectivity index (χ2n) is 5.27. The average molecular weight is 371 g/mol. The highest BCUT2D eigenvalue weighted by atomic mass is 19.4. The zero-order valence-electron chi connectivity index (χ0n) is 13.1. The van der Waals surface area contributed by atoms with E-state index in [1.807, 2.05) is 5.32 Å². The number of hydrogen-bond acceptors (Lipinski definition) is 4. The van der Waals surface area contributed by atoms with Gasteiger partial charge in [-0.3, -0.25) is 4.79 Å². The van der Waals surface area contributed by atoms with E-state index in [0.717, 1.165) is 18.2 Å². The maximum Gasteiger partial charge on any atom is 0.418 e. The number of fused-ring (bicyclic) bond motifs is 1. The lowest BCUT2D eigenvalue weighted by Crippen LogP contribution is -2.18. The van der Waals surface area contributed by atoms with Crippen LogP contribution in [0.3, 0.4) is 0 Å². The summed E-state index contributed by atoms with van der Waals surface area (Å²) in [5.41, 5.74) is -1.86. The summed E-state index contributed by atoms with van der Waals surface area (Å²) in [5, 5.41) is 5.68. The first-order valence-electron chi connectivity index (χ1n) is 7.17. The number of hydrogen-bond donors (Lipinski definition) is 1. The van der Waals surface area contributed by atoms with Gasteiger partial charge in [-0.2, -0.15) is 22.7 Å². The van der Waals surface area contributed by atoms with E-state index in [1.54, 1.807) is 0 Å². The SMILES string of the molecule is Cc1cc(C(F)F)n2nc(C(=O)Nc3ccccc3C(F)(F)F)nc2n1. The molecule has 0 saturated heterocycles. The molecule has 6 nitrogen and oxygen atoms in total. The van der Waals surface area contributed by atoms with Gasteiger partial charge >= 0.3 is 6.18 Å². The Morgan fingerprint density at radius 2 is 1.88 bits per heavy atom. The van der Waals surface area contributed by atoms with Crippen molar-refractivity contribution in [1.29, 1.82) is 0 Å². The van der Waals surface area contributed by atoms with Crippen molar-refractivity contribution in [3.8, 4) is 0 Å². The van der Waals surface area contributed by atoms with Crippen LogP contribution >= 0.6 is 0 Å². The Hall–Kier alpha value is -3.11. The van der Waals surface area contributed by atoms with Gasteiger partial charge in [-0.15, -0.1) is 5.10 Å². The van der Waals surface area contributed by atoms with E-state index in [2.05, 4.69) is 15.1 Å². The van der Waals surface area contributed by atoms with Crippen LogP contribution in [0.1, 0.15) is 34.0 Å². The average Bonchev–Trinajstić information content (AvgIpc) is 2.97. The summed E-state index contributed by atoms with van der Waals surface area (Å²) in [6, 6.07) is 5.41. The van der Waals surface area contributed by atoms with Crippen molar-refractivity contribution >= 4 is 17.4 Å². The van der Waals surface area contributed by atoms with E-state index in [4.69, 9.17) is 0 Å². The molecule has 0 atom stereocenters. The van der Waals surface area contributed by atoms with Crippen LogP contribution in [0.25, 0.3) is 5.78 Å². The van der Waals surface area contributed by atoms with Gasteiger partial charge in [0.05, 0.1) is 11.3 Å². The first-order valence-corrected chi connectivity index (χ1v) is 7.17. The van der Waals surface area contributed by atoms with Crippen molar-refractivity contribution in [3.05, 3.63) is 53.1 Å². The molecule has 0 radical (unpaired) electrons. The van der Waals surface area contributed by atoms with E-state index in [-0.39, 0.29) is 11.5 Å². The maximum atomic E-state index is 13.1. The van der Waals surface area contributed by atoms with Crippen LogP contribution < -0.4 is 5.32 Å². The van der Waals surface area contributed by atoms with Crippen molar-refractivity contribution in [2.75, 3.05) is 5.32 Å². The van der Waals surface area contributed by atoms with Gasteiger partial charge in [0, 0.05) is 5.69 Å². The second kappa shape index (κ2) is 6.32. The number of aryl methyl sites for hydroxylation is 1. The Morgan fingerprint density at radius 3 is 2.54 bits per heavy atom. The smallest absolute Gasteiger partial charge is 0.319 e. The molecule has 0 saturated carbocycles. The molecule has 1 aromatic carbocycles. The van der Waals surface area contributed by atoms with Crippen molar-refractivity contribution in [3.63, 3.8) is 0 Å². The lowest BCUT2D eigenvalue weighted by molar-refractivity contribution is -0.136. The van der Waals surface area contributed by atoms with Crippen molar-refractivity contribution in [1.82, 2.24) is 19.6 Å². The number of aromatic nitrogens is 4. The van der Waals surface area contributed by atoms with Crippen LogP contribution in [0.15, 0.2) is 30.3 Å². The normalized spacial score (nSPS) is 12.0. The number of alkyl halides is 5. The molecule has 0 unspecified atom stereocenters. The molecule has 0 spiro atoms. The minimum atomic E-state index is -4.68. The molecule has 26 heavy (non-hydrogen) atoms. The van der Waals surface area contributed by atoms with Gasteiger partial charge in [0.15, 0.2) is 0 Å². The Kier molecular flexibility index (Phi) is 4.30. The van der Waals surface area contributed by atoms with E-state index in [9.17, 15) is 26.7 Å². The number of nitrogens with one attached hydrogen (secondary N) is 1. The van der Waals surface area contributed by atoms with Crippen LogP contribution in [0, 0.1) is 6.92 Å². The fraction of sp³-hybridized carbons (Fsp3) is 0.200. The van der Waals surface area contributed by atoms with E-state index in [0.29, 0.717) is 4.52 Å². The zero-order chi connectivity index (χ0) is 19.1. The van der Waals surface area contributed by atoms with Crippen molar-refractivity contribution < 1.29 is 26.7 Å². The molecule has 0 fully saturated rings. The molecule has 3 rings (SSSR count). The molecular weight excluding hydrogens is 361 g/mol. The largest absolute Gasteiger partial charge is 0.418 e. The van der Waals surface area contributed by atoms with Crippen molar-refractivity contribution in [2.24, 2.45) is 0 Å². The Labute approximate surface area is 142 Å². The lowest BCUT2D eigenvalue weighted by atomic mass is 10.1. The lowest BCUT2D eigenvalue weighted by Gasteiger charge is -2.12. The molecule has 136 valence electrons. The number of carbonyl (C=O) groups excluding carboxylic acids is 1. The molecule has 1 N–H and O–H groups in total. The van der Waals surface area contributed by atoms with Crippen LogP contribution in [-0.2, 0) is 6.18 Å². The quantitative estimate of drug-likeness (QED) is 0.714. The number of benzene rings is 1. The minimum absolute atomic E-state index is 0.231. The zero-order valence-corrected chi connectivity index (χ0v) is 13.1. The number of para-hydroxylation sites is 1. The van der Waals surface area contributed by atoms with Gasteiger partial charge in [0.25, 0.3) is 18.1 Å². The highest BCUT2D eigenvalue weighted by Gasteiger charge is 2.34. The number of carbonyl (C=O) groups is 1. The molecule has 2 heterocycles. The molecule has 0 bridgehead atoms. The van der Waals surface area contributed by atoms with Gasteiger partial charge < -0.3 is 5.32 Å². The third kappa shape index (κ3) is 3.32. The molecule has 0 aliphatic carbocycles. The molecular formula is C15H10F5N5O. The third-order valence-corrected chi connectivity index (χ3v) is 3.38. The number of amides is 1. The summed E-state index contributed by atoms with van der Waals surface area (Å²) in [6.07, 6.45) is -7.58. The van der Waals surface area contributed by atoms with Crippen LogP contribution in [0.2, 0.25) is 0 Å². The highest BCUT2D eigenvalue weighted by Crippen LogP contribution is 2.34. The van der Waals surface area contributed by atoms with E-state index in [1.165, 1.54) is 19.1 Å². The van der Waals surface area contributed by atoms with E-state index >= 15 is 0 Å². The molecule has 0 aliphatic rings. The number of nitrogens with zero attached hydrogens (tertiary/aromatic N) is 4. The predicted octanol–water partition coefficient (Wildman–Crippen LogP) is 3.64. The Morgan fingerprint density at radius 1 is 1.19 bits per heavy atom. The fourth-order valence-electron chi connectivity index (χ4n) is 2.28. The molecule has 1 amide bonds. The molecule has 0 aliphatic heterocycles. The summed E-state index contributed by atoms with van der Waals surface area (Å²) in [4.78, 5) is 19.8. The summed E-state index contributed by atoms with van der Waals surface area (Å²) < 4.78 is 65.8. The van der Waals surface area contributed by atoms with Gasteiger partial charge in [-0.1, -0.05) is 12.1 Å². The number of anilines is 1. The van der Waals surface area contributed by atoms with Crippen LogP contribution in [0.4, 0.5) is 27.6 Å². The van der Waals surface area contributed by atoms with Gasteiger partial charge in [-0.25, -0.2) is 13.8 Å². The van der Waals surface area contributed by atoms with Crippen LogP contribution in [-0.4, -0.2) is 25.5 Å². The molecule has 3 aromatic rings. The van der Waals surface area contributed by atoms with Crippen molar-refractivity contribution in [2.45, 2.75) is 19.5 Å². The summed E-state index contributed by atoms with van der Waals surface area (Å²) >= 11 is 0. The topological polar surface area (TPSA) is 72.2 Å². The first-order chi connectivity index (χ1) is 12.2. The molecule has 2 aromatic heterocycles. The van der Waals surface area contributed by atoms with Gasteiger partial charge in [0.2, 0.25) is 5.82 Å². The van der Waals surface area contributed by atoms with E-state index < -0.39 is 41.3 Å². The number of rotatable bonds is 3. The number of halogens is 5. The Balaban J connectivity index is 1.98. The molecule has 11 heteroatoms. The van der Waals surface area contributed by atoms with Crippen LogP contribution in [0.5, 0.6) is 0 Å². The maximum absolute atomic E-state index is 13.1. The first kappa shape index (κ1) is 17.7. The van der Waals surface area contributed by atoms with Gasteiger partial charge in [-0.05, 0) is 25.1 Å². The highest BCUT2D eigenvalue weighted by molar-refractivity contribution is 6.02. The summed E-state index contributed by atoms with van der Waals surface area (Å²) in [6.45, 7) is 1.46. The standard InChI is InChI=1S/C15H10F5N5O/c1-7-6-10(11(16)17)25-14(21-7)23-12(24-25)13(26)22-9-5-3-2-4-8(9)15(18,19)20/h2-6,11H,1H3,(H,22,26). The predicted molar refractivity (Wildman–Crippen MR) is 79.9 cm³/mol. The minimum Gasteiger partial charge on any atom is -0.319 e. The third-order valence-electron chi connectivity index (χ3n) is 3.38. The Bertz CT molecular complexity index is 982. The monoisotopic (exact) mass is 371 g/mol.